The zero-order valence-electron chi connectivity index (χ0n) is 16.1. The molecule has 5 rings (SSSR count). The van der Waals surface area contributed by atoms with Crippen LogP contribution in [-0.4, -0.2) is 32.1 Å². The van der Waals surface area contributed by atoms with Crippen LogP contribution in [0.2, 0.25) is 0 Å². The highest BCUT2D eigenvalue weighted by Gasteiger charge is 2.36. The Hall–Kier alpha value is -3.41. The van der Waals surface area contributed by atoms with Gasteiger partial charge in [-0.25, -0.2) is 4.39 Å². The van der Waals surface area contributed by atoms with Crippen molar-refractivity contribution in [1.82, 2.24) is 19.7 Å². The maximum atomic E-state index is 14.9. The average molecular weight is 388 g/mol. The van der Waals surface area contributed by atoms with Gasteiger partial charge < -0.3 is 9.88 Å². The predicted molar refractivity (Wildman–Crippen MR) is 109 cm³/mol. The predicted octanol–water partition coefficient (Wildman–Crippen LogP) is 4.31. The van der Waals surface area contributed by atoms with Crippen LogP contribution in [0.4, 0.5) is 4.39 Å². The molecule has 0 bridgehead atoms. The van der Waals surface area contributed by atoms with Gasteiger partial charge in [-0.05, 0) is 31.0 Å². The number of carbonyl (C=O) groups excluding carboxylic acids is 1. The van der Waals surface area contributed by atoms with Gasteiger partial charge in [-0.15, -0.1) is 0 Å². The van der Waals surface area contributed by atoms with E-state index in [2.05, 4.69) is 16.1 Å². The van der Waals surface area contributed by atoms with Gasteiger partial charge in [0.15, 0.2) is 0 Å². The molecule has 1 N–H and O–H groups in total. The van der Waals surface area contributed by atoms with Gasteiger partial charge in [0.05, 0.1) is 11.8 Å². The van der Waals surface area contributed by atoms with Crippen molar-refractivity contribution in [2.45, 2.75) is 25.9 Å². The van der Waals surface area contributed by atoms with Crippen molar-refractivity contribution < 1.29 is 9.18 Å². The highest BCUT2D eigenvalue weighted by Crippen LogP contribution is 2.39. The number of H-pyrrole nitrogens is 1. The molecule has 4 aromatic rings. The highest BCUT2D eigenvalue weighted by molar-refractivity contribution is 5.95. The van der Waals surface area contributed by atoms with Gasteiger partial charge in [-0.3, -0.25) is 9.48 Å². The van der Waals surface area contributed by atoms with E-state index in [9.17, 15) is 9.18 Å². The third kappa shape index (κ3) is 2.83. The molecule has 0 spiro atoms. The van der Waals surface area contributed by atoms with Gasteiger partial charge in [0.1, 0.15) is 11.9 Å². The number of amides is 1. The van der Waals surface area contributed by atoms with Crippen LogP contribution in [0, 0.1) is 5.82 Å². The quantitative estimate of drug-likeness (QED) is 0.569. The van der Waals surface area contributed by atoms with E-state index in [1.807, 2.05) is 31.2 Å². The van der Waals surface area contributed by atoms with Crippen LogP contribution in [0.25, 0.3) is 10.9 Å². The summed E-state index contributed by atoms with van der Waals surface area (Å²) in [5, 5.41) is 5.37. The van der Waals surface area contributed by atoms with E-state index in [4.69, 9.17) is 0 Å². The number of rotatable bonds is 3. The Balaban J connectivity index is 1.67. The molecule has 6 heteroatoms. The van der Waals surface area contributed by atoms with Gasteiger partial charge in [0.2, 0.25) is 0 Å². The van der Waals surface area contributed by atoms with Crippen molar-refractivity contribution in [2.24, 2.45) is 0 Å². The zero-order chi connectivity index (χ0) is 20.0. The fourth-order valence-electron chi connectivity index (χ4n) is 4.29. The monoisotopic (exact) mass is 388 g/mol. The van der Waals surface area contributed by atoms with E-state index < -0.39 is 6.04 Å². The second-order valence-corrected chi connectivity index (χ2v) is 7.32. The molecule has 0 aliphatic carbocycles. The largest absolute Gasteiger partial charge is 0.356 e. The van der Waals surface area contributed by atoms with E-state index in [0.29, 0.717) is 24.2 Å². The van der Waals surface area contributed by atoms with E-state index in [1.165, 1.54) is 6.07 Å². The summed E-state index contributed by atoms with van der Waals surface area (Å²) in [6.45, 7) is 3.18. The standard InChI is InChI=1S/C23H21FN4O/c1-2-27-14-15(13-25-27)23(29)28-12-11-17-16-7-4-6-10-20(16)26-21(17)22(28)18-8-3-5-9-19(18)24/h3-10,13-14,22,26H,2,11-12H2,1H3. The molecule has 0 saturated carbocycles. The molecule has 0 radical (unpaired) electrons. The molecular formula is C23H21FN4O. The fourth-order valence-corrected chi connectivity index (χ4v) is 4.29. The lowest BCUT2D eigenvalue weighted by molar-refractivity contribution is 0.0689. The van der Waals surface area contributed by atoms with Crippen molar-refractivity contribution in [3.8, 4) is 0 Å². The lowest BCUT2D eigenvalue weighted by Crippen LogP contribution is -2.40. The first kappa shape index (κ1) is 17.7. The molecule has 3 heterocycles. The van der Waals surface area contributed by atoms with Gasteiger partial charge in [-0.2, -0.15) is 5.10 Å². The van der Waals surface area contributed by atoms with Gasteiger partial charge in [-0.1, -0.05) is 36.4 Å². The molecule has 1 aliphatic rings. The SMILES string of the molecule is CCn1cc(C(=O)N2CCc3c([nH]c4ccccc34)C2c2ccccc2F)cn1. The van der Waals surface area contributed by atoms with Gasteiger partial charge >= 0.3 is 0 Å². The molecule has 0 fully saturated rings. The maximum absolute atomic E-state index is 14.9. The lowest BCUT2D eigenvalue weighted by atomic mass is 9.91. The van der Waals surface area contributed by atoms with Gasteiger partial charge in [0.25, 0.3) is 5.91 Å². The lowest BCUT2D eigenvalue weighted by Gasteiger charge is -2.36. The van der Waals surface area contributed by atoms with Crippen molar-refractivity contribution in [1.29, 1.82) is 0 Å². The third-order valence-electron chi connectivity index (χ3n) is 5.70. The minimum absolute atomic E-state index is 0.137. The number of hydrogen-bond acceptors (Lipinski definition) is 2. The first-order valence-electron chi connectivity index (χ1n) is 9.84. The Labute approximate surface area is 167 Å². The third-order valence-corrected chi connectivity index (χ3v) is 5.70. The van der Waals surface area contributed by atoms with E-state index in [1.54, 1.807) is 34.1 Å². The van der Waals surface area contributed by atoms with Crippen molar-refractivity contribution >= 4 is 16.8 Å². The van der Waals surface area contributed by atoms with E-state index >= 15 is 0 Å². The summed E-state index contributed by atoms with van der Waals surface area (Å²) in [7, 11) is 0. The topological polar surface area (TPSA) is 53.9 Å². The first-order valence-corrected chi connectivity index (χ1v) is 9.84. The molecule has 5 nitrogen and oxygen atoms in total. The number of aromatic amines is 1. The first-order chi connectivity index (χ1) is 14.2. The summed E-state index contributed by atoms with van der Waals surface area (Å²) >= 11 is 0. The van der Waals surface area contributed by atoms with Crippen LogP contribution in [0.15, 0.2) is 60.9 Å². The number of aryl methyl sites for hydroxylation is 1. The van der Waals surface area contributed by atoms with Crippen LogP contribution >= 0.6 is 0 Å². The molecule has 2 aromatic carbocycles. The highest BCUT2D eigenvalue weighted by atomic mass is 19.1. The summed E-state index contributed by atoms with van der Waals surface area (Å²) in [4.78, 5) is 18.6. The summed E-state index contributed by atoms with van der Waals surface area (Å²) in [5.41, 5.74) is 4.07. The summed E-state index contributed by atoms with van der Waals surface area (Å²) in [5.74, 6) is -0.451. The van der Waals surface area contributed by atoms with Crippen LogP contribution < -0.4 is 0 Å². The number of fused-ring (bicyclic) bond motifs is 3. The molecule has 1 amide bonds. The summed E-state index contributed by atoms with van der Waals surface area (Å²) in [6.07, 6.45) is 4.06. The molecular weight excluding hydrogens is 367 g/mol. The molecule has 29 heavy (non-hydrogen) atoms. The molecule has 1 aliphatic heterocycles. The number of nitrogens with zero attached hydrogens (tertiary/aromatic N) is 3. The number of aromatic nitrogens is 3. The number of carbonyl (C=O) groups is 1. The Morgan fingerprint density at radius 1 is 1.21 bits per heavy atom. The Morgan fingerprint density at radius 3 is 2.79 bits per heavy atom. The number of nitrogens with one attached hydrogen (secondary N) is 1. The van der Waals surface area contributed by atoms with E-state index in [0.717, 1.165) is 28.6 Å². The maximum Gasteiger partial charge on any atom is 0.257 e. The zero-order valence-corrected chi connectivity index (χ0v) is 16.1. The van der Waals surface area contributed by atoms with Crippen molar-refractivity contribution in [2.75, 3.05) is 6.54 Å². The molecule has 0 saturated heterocycles. The number of benzene rings is 2. The van der Waals surface area contributed by atoms with Gasteiger partial charge in [0, 0.05) is 41.4 Å². The number of hydrogen-bond donors (Lipinski definition) is 1. The fraction of sp³-hybridized carbons (Fsp3) is 0.217. The normalized spacial score (nSPS) is 16.2. The van der Waals surface area contributed by atoms with Crippen LogP contribution in [0.1, 0.15) is 40.1 Å². The second-order valence-electron chi connectivity index (χ2n) is 7.32. The van der Waals surface area contributed by atoms with Crippen molar-refractivity contribution in [3.63, 3.8) is 0 Å². The molecule has 1 atom stereocenters. The number of para-hydroxylation sites is 1. The Morgan fingerprint density at radius 2 is 2.00 bits per heavy atom. The summed E-state index contributed by atoms with van der Waals surface area (Å²) in [6, 6.07) is 14.3. The molecule has 2 aromatic heterocycles. The molecule has 146 valence electrons. The van der Waals surface area contributed by atoms with Crippen molar-refractivity contribution in [3.05, 3.63) is 89.1 Å². The average Bonchev–Trinajstić information content (AvgIpc) is 3.38. The van der Waals surface area contributed by atoms with Crippen LogP contribution in [-0.2, 0) is 13.0 Å². The second kappa shape index (κ2) is 6.88. The minimum Gasteiger partial charge on any atom is -0.356 e. The number of halogens is 1. The Kier molecular flexibility index (Phi) is 4.19. The smallest absolute Gasteiger partial charge is 0.257 e. The van der Waals surface area contributed by atoms with E-state index in [-0.39, 0.29) is 11.7 Å². The minimum atomic E-state index is -0.509. The molecule has 1 unspecified atom stereocenters. The van der Waals surface area contributed by atoms with Crippen LogP contribution in [0.3, 0.4) is 0 Å². The van der Waals surface area contributed by atoms with Crippen LogP contribution in [0.5, 0.6) is 0 Å². The Bertz CT molecular complexity index is 1210. The summed E-state index contributed by atoms with van der Waals surface area (Å²) < 4.78 is 16.6.